The van der Waals surface area contributed by atoms with Crippen molar-refractivity contribution >= 4 is 41.0 Å². The second-order valence-corrected chi connectivity index (χ2v) is 10.9. The van der Waals surface area contributed by atoms with Crippen LogP contribution < -0.4 is 12.0 Å². The minimum atomic E-state index is -2.51. The largest absolute Gasteiger partial charge is 0.901 e. The zero-order valence-electron chi connectivity index (χ0n) is 20.8. The lowest BCUT2D eigenvalue weighted by Gasteiger charge is -2.21. The van der Waals surface area contributed by atoms with E-state index in [1.54, 1.807) is 12.4 Å². The predicted molar refractivity (Wildman–Crippen MR) is 151 cm³/mol. The van der Waals surface area contributed by atoms with Gasteiger partial charge in [-0.15, -0.1) is 0 Å². The van der Waals surface area contributed by atoms with Crippen LogP contribution in [0.3, 0.4) is 0 Å². The molecule has 2 aromatic heterocycles. The first-order valence-corrected chi connectivity index (χ1v) is 13.9. The highest BCUT2D eigenvalue weighted by Crippen LogP contribution is 2.31. The normalized spacial score (nSPS) is 11.0. The Morgan fingerprint density at radius 3 is 1.57 bits per heavy atom. The first-order valence-electron chi connectivity index (χ1n) is 12.3. The predicted octanol–water partition coefficient (Wildman–Crippen LogP) is 6.92. The Morgan fingerprint density at radius 1 is 0.514 bits per heavy atom. The second-order valence-electron chi connectivity index (χ2n) is 9.13. The van der Waals surface area contributed by atoms with E-state index >= 15 is 0 Å². The van der Waals surface area contributed by atoms with Crippen LogP contribution in [0.15, 0.2) is 116 Å². The van der Waals surface area contributed by atoms with Gasteiger partial charge in [0.05, 0.1) is 0 Å². The zero-order chi connectivity index (χ0) is 25.2. The third-order valence-electron chi connectivity index (χ3n) is 6.59. The van der Waals surface area contributed by atoms with Gasteiger partial charge in [-0.25, -0.2) is 0 Å². The van der Waals surface area contributed by atoms with Gasteiger partial charge in [0.15, 0.2) is 0 Å². The molecule has 0 amide bonds. The number of nitrogens with zero attached hydrogens (tertiary/aromatic N) is 2. The van der Waals surface area contributed by atoms with Crippen LogP contribution in [0.1, 0.15) is 11.1 Å². The van der Waals surface area contributed by atoms with Gasteiger partial charge in [0.1, 0.15) is 22.5 Å². The molecule has 0 fully saturated rings. The number of fused-ring (bicyclic) bond motifs is 2. The number of hydrogen-bond acceptors (Lipinski definition) is 4. The summed E-state index contributed by atoms with van der Waals surface area (Å²) in [5.74, 6) is 1.54. The Bertz CT molecular complexity index is 1620. The van der Waals surface area contributed by atoms with Crippen LogP contribution in [0.5, 0.6) is 11.5 Å². The molecule has 0 aliphatic rings. The molecular weight excluding hydrogens is 471 g/mol. The van der Waals surface area contributed by atoms with Crippen molar-refractivity contribution in [3.05, 3.63) is 127 Å². The van der Waals surface area contributed by atoms with Gasteiger partial charge < -0.3 is 7.58 Å². The molecule has 4 aromatic carbocycles. The van der Waals surface area contributed by atoms with Gasteiger partial charge >= 0.3 is 14.8 Å². The summed E-state index contributed by atoms with van der Waals surface area (Å²) in [7, 11) is 0. The molecule has 0 aliphatic heterocycles. The van der Waals surface area contributed by atoms with E-state index in [1.807, 2.05) is 18.2 Å². The molecule has 2 heterocycles. The van der Waals surface area contributed by atoms with E-state index in [0.29, 0.717) is 0 Å². The van der Waals surface area contributed by atoms with Crippen LogP contribution >= 0.6 is 0 Å². The first kappa shape index (κ1) is 23.2. The third kappa shape index (κ3) is 4.68. The maximum Gasteiger partial charge on any atom is 0.901 e. The summed E-state index contributed by atoms with van der Waals surface area (Å²) in [6, 6.07) is 35.2. The van der Waals surface area contributed by atoms with E-state index in [4.69, 9.17) is 7.58 Å². The molecule has 6 rings (SSSR count). The van der Waals surface area contributed by atoms with Crippen LogP contribution in [-0.4, -0.2) is 24.8 Å². The molecule has 0 N–H and O–H groups in total. The number of aryl methyl sites for hydroxylation is 2. The lowest BCUT2D eigenvalue weighted by molar-refractivity contribution is 0.440. The molecule has 0 unspecified atom stereocenters. The average Bonchev–Trinajstić information content (AvgIpc) is 2.96. The topological polar surface area (TPSA) is 44.2 Å². The van der Waals surface area contributed by atoms with Crippen LogP contribution in [-0.2, 0) is 0 Å². The summed E-state index contributed by atoms with van der Waals surface area (Å²) in [5, 5.41) is 2.08. The molecule has 6 aromatic rings. The van der Waals surface area contributed by atoms with Crippen molar-refractivity contribution in [1.29, 1.82) is 0 Å². The van der Waals surface area contributed by atoms with Gasteiger partial charge in [0.25, 0.3) is 0 Å². The maximum absolute atomic E-state index is 6.82. The number of hydrogen-bond donors (Lipinski definition) is 0. The van der Waals surface area contributed by atoms with Crippen molar-refractivity contribution in [2.45, 2.75) is 13.8 Å². The Balaban J connectivity index is 1.45. The maximum atomic E-state index is 6.82. The van der Waals surface area contributed by atoms with E-state index < -0.39 is 14.8 Å². The molecule has 0 atom stereocenters. The van der Waals surface area contributed by atoms with Crippen molar-refractivity contribution in [2.75, 3.05) is 0 Å². The zero-order valence-corrected chi connectivity index (χ0v) is 21.9. The Morgan fingerprint density at radius 2 is 1.03 bits per heavy atom. The summed E-state index contributed by atoms with van der Waals surface area (Å²) < 4.78 is 14.7. The van der Waals surface area contributed by atoms with E-state index in [1.165, 1.54) is 5.56 Å². The van der Waals surface area contributed by atoms with Gasteiger partial charge in [0.2, 0.25) is 0 Å². The van der Waals surface area contributed by atoms with Gasteiger partial charge in [-0.05, 0) is 52.7 Å². The Labute approximate surface area is 221 Å². The molecule has 0 saturated heterocycles. The van der Waals surface area contributed by atoms with Crippen molar-refractivity contribution < 1.29 is 7.58 Å². The summed E-state index contributed by atoms with van der Waals surface area (Å²) in [4.78, 5) is 9.29. The van der Waals surface area contributed by atoms with Gasteiger partial charge in [-0.2, -0.15) is 0 Å². The fourth-order valence-electron chi connectivity index (χ4n) is 4.57. The van der Waals surface area contributed by atoms with Gasteiger partial charge in [0, 0.05) is 23.2 Å². The number of benzene rings is 4. The molecule has 0 bridgehead atoms. The van der Waals surface area contributed by atoms with Gasteiger partial charge in [-0.3, -0.25) is 9.97 Å². The smallest absolute Gasteiger partial charge is 0.607 e. The summed E-state index contributed by atoms with van der Waals surface area (Å²) >= 11 is -2.51. The van der Waals surface area contributed by atoms with E-state index in [0.717, 1.165) is 54.4 Å². The summed E-state index contributed by atoms with van der Waals surface area (Å²) in [5.41, 5.74) is 6.08. The Kier molecular flexibility index (Phi) is 6.32. The summed E-state index contributed by atoms with van der Waals surface area (Å²) in [6.07, 6.45) is 3.61. The number of pyridine rings is 2. The van der Waals surface area contributed by atoms with Gasteiger partial charge in [-0.1, -0.05) is 91.0 Å². The van der Waals surface area contributed by atoms with Crippen molar-refractivity contribution in [1.82, 2.24) is 9.97 Å². The minimum absolute atomic E-state index is 0.771. The fourth-order valence-corrected chi connectivity index (χ4v) is 6.42. The van der Waals surface area contributed by atoms with Crippen LogP contribution in [0.25, 0.3) is 32.9 Å². The number of rotatable bonds is 6. The highest BCUT2D eigenvalue weighted by Gasteiger charge is 2.38. The highest BCUT2D eigenvalue weighted by molar-refractivity contribution is 6.63. The molecule has 0 saturated carbocycles. The first-order chi connectivity index (χ1) is 18.2. The Hall–Kier alpha value is -4.17. The van der Waals surface area contributed by atoms with E-state index in [-0.39, 0.29) is 0 Å². The molecule has 0 spiro atoms. The molecular formula is C32H25AlN2O2. The van der Waals surface area contributed by atoms with Crippen LogP contribution in [0, 0.1) is 13.8 Å². The summed E-state index contributed by atoms with van der Waals surface area (Å²) in [6.45, 7) is 4.11. The molecule has 4 nitrogen and oxygen atoms in total. The van der Waals surface area contributed by atoms with Crippen molar-refractivity contribution in [3.63, 3.8) is 0 Å². The molecule has 0 radical (unpaired) electrons. The average molecular weight is 497 g/mol. The number of aromatic nitrogens is 2. The quantitative estimate of drug-likeness (QED) is 0.235. The minimum Gasteiger partial charge on any atom is -0.607 e. The molecule has 37 heavy (non-hydrogen) atoms. The molecule has 5 heteroatoms. The van der Waals surface area contributed by atoms with E-state index in [9.17, 15) is 0 Å². The lowest BCUT2D eigenvalue weighted by atomic mass is 10.1. The third-order valence-corrected chi connectivity index (χ3v) is 8.42. The van der Waals surface area contributed by atoms with Crippen LogP contribution in [0.4, 0.5) is 0 Å². The van der Waals surface area contributed by atoms with Crippen molar-refractivity contribution in [2.24, 2.45) is 0 Å². The van der Waals surface area contributed by atoms with Crippen LogP contribution in [0.2, 0.25) is 0 Å². The van der Waals surface area contributed by atoms with E-state index in [2.05, 4.69) is 109 Å². The monoisotopic (exact) mass is 496 g/mol. The van der Waals surface area contributed by atoms with Crippen molar-refractivity contribution in [3.8, 4) is 22.6 Å². The lowest BCUT2D eigenvalue weighted by Crippen LogP contribution is -2.43. The standard InChI is InChI=1S/C12H9.2C10H9NO.Al/c1-3-7-11(8-4-1)12-9-5-2-6-10-12;2*1-7-4-5-8-3-2-6-11-9(8)10(7)12;/h1,3-10H;2*2-6,12H,1H3;/q;;;+2/p-2. The highest BCUT2D eigenvalue weighted by atomic mass is 27.2. The SMILES string of the molecule is Cc1ccc2cccnc2c1[O][Al]([O]c1c(C)ccc2cccnc12)[c]1ccc(-c2ccccc2)cc1. The molecule has 178 valence electrons. The second kappa shape index (κ2) is 10.1. The fraction of sp³-hybridized carbons (Fsp3) is 0.0625. The molecule has 0 aliphatic carbocycles.